The molecule has 3 heteroatoms. The highest BCUT2D eigenvalue weighted by Gasteiger charge is 2.37. The molecule has 0 spiro atoms. The number of carbonyl (C=O) groups excluding carboxylic acids is 1. The van der Waals surface area contributed by atoms with Crippen LogP contribution in [0.2, 0.25) is 0 Å². The first-order valence-corrected chi connectivity index (χ1v) is 7.75. The van der Waals surface area contributed by atoms with Crippen molar-refractivity contribution < 1.29 is 4.79 Å². The van der Waals surface area contributed by atoms with E-state index in [-0.39, 0.29) is 5.41 Å². The predicted octanol–water partition coefficient (Wildman–Crippen LogP) is 4.12. The molecule has 2 rings (SSSR count). The molecule has 2 heterocycles. The van der Waals surface area contributed by atoms with Crippen molar-refractivity contribution in [1.82, 2.24) is 4.90 Å². The second kappa shape index (κ2) is 5.37. The topological polar surface area (TPSA) is 20.3 Å². The second-order valence-electron chi connectivity index (χ2n) is 6.85. The Bertz CT molecular complexity index is 456. The SMILES string of the molecule is C[C](C)CN1CCc2cc(C=O)sc2C1C(C)(C)C. The molecule has 2 nitrogen and oxygen atoms in total. The van der Waals surface area contributed by atoms with Gasteiger partial charge in [0, 0.05) is 24.0 Å². The molecular weight excluding hydrogens is 254 g/mol. The lowest BCUT2D eigenvalue weighted by Gasteiger charge is -2.43. The average Bonchev–Trinajstić information content (AvgIpc) is 2.68. The summed E-state index contributed by atoms with van der Waals surface area (Å²) in [6.07, 6.45) is 2.06. The standard InChI is InChI=1S/C16H24NOS/c1-11(2)9-17-7-6-12-8-13(10-18)19-14(12)15(17)16(3,4)5/h8,10,15H,6-7,9H2,1-5H3. The molecule has 0 fully saturated rings. The second-order valence-corrected chi connectivity index (χ2v) is 7.97. The quantitative estimate of drug-likeness (QED) is 0.775. The van der Waals surface area contributed by atoms with Gasteiger partial charge in [-0.15, -0.1) is 11.3 Å². The van der Waals surface area contributed by atoms with E-state index in [1.807, 2.05) is 0 Å². The summed E-state index contributed by atoms with van der Waals surface area (Å²) in [5.74, 6) is 1.45. The Morgan fingerprint density at radius 1 is 1.47 bits per heavy atom. The molecule has 0 aromatic carbocycles. The van der Waals surface area contributed by atoms with Gasteiger partial charge in [-0.05, 0) is 29.4 Å². The highest BCUT2D eigenvalue weighted by atomic mass is 32.1. The first-order chi connectivity index (χ1) is 8.82. The van der Waals surface area contributed by atoms with Crippen LogP contribution in [0.3, 0.4) is 0 Å². The zero-order valence-electron chi connectivity index (χ0n) is 12.6. The average molecular weight is 278 g/mol. The van der Waals surface area contributed by atoms with Crippen molar-refractivity contribution >= 4 is 17.6 Å². The van der Waals surface area contributed by atoms with Gasteiger partial charge in [-0.25, -0.2) is 0 Å². The van der Waals surface area contributed by atoms with Gasteiger partial charge in [0.05, 0.1) is 4.88 Å². The van der Waals surface area contributed by atoms with E-state index in [1.54, 1.807) is 11.3 Å². The van der Waals surface area contributed by atoms with Gasteiger partial charge in [-0.3, -0.25) is 9.69 Å². The Balaban J connectivity index is 2.39. The van der Waals surface area contributed by atoms with E-state index in [0.717, 1.165) is 30.7 Å². The zero-order valence-corrected chi connectivity index (χ0v) is 13.4. The van der Waals surface area contributed by atoms with E-state index in [0.29, 0.717) is 6.04 Å². The van der Waals surface area contributed by atoms with Gasteiger partial charge in [0.2, 0.25) is 0 Å². The largest absolute Gasteiger partial charge is 0.297 e. The lowest BCUT2D eigenvalue weighted by atomic mass is 9.81. The van der Waals surface area contributed by atoms with Crippen LogP contribution in [-0.2, 0) is 6.42 Å². The molecule has 0 N–H and O–H groups in total. The number of nitrogens with zero attached hydrogens (tertiary/aromatic N) is 1. The third kappa shape index (κ3) is 3.09. The van der Waals surface area contributed by atoms with Crippen LogP contribution >= 0.6 is 11.3 Å². The summed E-state index contributed by atoms with van der Waals surface area (Å²) in [5, 5.41) is 0. The number of fused-ring (bicyclic) bond motifs is 1. The number of carbonyl (C=O) groups is 1. The van der Waals surface area contributed by atoms with Crippen molar-refractivity contribution in [1.29, 1.82) is 0 Å². The third-order valence-electron chi connectivity index (χ3n) is 3.60. The summed E-state index contributed by atoms with van der Waals surface area (Å²) in [4.78, 5) is 15.9. The zero-order chi connectivity index (χ0) is 14.2. The fourth-order valence-electron chi connectivity index (χ4n) is 3.03. The van der Waals surface area contributed by atoms with Gasteiger partial charge < -0.3 is 0 Å². The summed E-state index contributed by atoms with van der Waals surface area (Å²) in [6, 6.07) is 2.51. The summed E-state index contributed by atoms with van der Waals surface area (Å²) in [7, 11) is 0. The number of thiophene rings is 1. The van der Waals surface area contributed by atoms with E-state index in [1.165, 1.54) is 16.4 Å². The number of rotatable bonds is 3. The summed E-state index contributed by atoms with van der Waals surface area (Å²) >= 11 is 1.68. The lowest BCUT2D eigenvalue weighted by molar-refractivity contribution is 0.0970. The van der Waals surface area contributed by atoms with Gasteiger partial charge in [0.1, 0.15) is 0 Å². The summed E-state index contributed by atoms with van der Waals surface area (Å²) < 4.78 is 0. The molecule has 1 radical (unpaired) electrons. The number of hydrogen-bond donors (Lipinski definition) is 0. The van der Waals surface area contributed by atoms with Crippen LogP contribution in [0, 0.1) is 11.3 Å². The Kier molecular flexibility index (Phi) is 4.17. The van der Waals surface area contributed by atoms with Crippen LogP contribution < -0.4 is 0 Å². The molecule has 0 saturated carbocycles. The first-order valence-electron chi connectivity index (χ1n) is 6.94. The van der Waals surface area contributed by atoms with E-state index >= 15 is 0 Å². The molecule has 1 unspecified atom stereocenters. The molecule has 0 amide bonds. The Labute approximate surface area is 120 Å². The molecule has 1 aromatic heterocycles. The minimum atomic E-state index is 0.190. The molecule has 105 valence electrons. The van der Waals surface area contributed by atoms with E-state index in [4.69, 9.17) is 0 Å². The van der Waals surface area contributed by atoms with Crippen LogP contribution in [0.4, 0.5) is 0 Å². The Morgan fingerprint density at radius 2 is 2.16 bits per heavy atom. The summed E-state index contributed by atoms with van der Waals surface area (Å²) in [6.45, 7) is 13.4. The Morgan fingerprint density at radius 3 is 2.68 bits per heavy atom. The lowest BCUT2D eigenvalue weighted by Crippen LogP contribution is -2.42. The maximum absolute atomic E-state index is 11.0. The molecule has 1 aliphatic rings. The van der Waals surface area contributed by atoms with Crippen molar-refractivity contribution in [2.45, 2.75) is 47.1 Å². The minimum Gasteiger partial charge on any atom is -0.297 e. The smallest absolute Gasteiger partial charge is 0.160 e. The van der Waals surface area contributed by atoms with Gasteiger partial charge >= 0.3 is 0 Å². The first kappa shape index (κ1) is 14.7. The molecule has 1 aliphatic heterocycles. The van der Waals surface area contributed by atoms with Gasteiger partial charge in [-0.2, -0.15) is 0 Å². The molecule has 0 aliphatic carbocycles. The fraction of sp³-hybridized carbons (Fsp3) is 0.625. The van der Waals surface area contributed by atoms with E-state index in [9.17, 15) is 4.79 Å². The van der Waals surface area contributed by atoms with E-state index < -0.39 is 0 Å². The number of hydrogen-bond acceptors (Lipinski definition) is 3. The van der Waals surface area contributed by atoms with Crippen molar-refractivity contribution in [2.75, 3.05) is 13.1 Å². The van der Waals surface area contributed by atoms with Gasteiger partial charge in [0.25, 0.3) is 0 Å². The normalized spacial score (nSPS) is 20.6. The predicted molar refractivity (Wildman–Crippen MR) is 81.8 cm³/mol. The molecule has 19 heavy (non-hydrogen) atoms. The summed E-state index contributed by atoms with van der Waals surface area (Å²) in [5.41, 5.74) is 1.58. The van der Waals surface area contributed by atoms with Crippen LogP contribution in [0.5, 0.6) is 0 Å². The molecule has 1 atom stereocenters. The molecule has 0 saturated heterocycles. The maximum Gasteiger partial charge on any atom is 0.160 e. The van der Waals surface area contributed by atoms with Crippen LogP contribution in [-0.4, -0.2) is 24.3 Å². The highest BCUT2D eigenvalue weighted by Crippen LogP contribution is 2.45. The maximum atomic E-state index is 11.0. The third-order valence-corrected chi connectivity index (χ3v) is 4.75. The van der Waals surface area contributed by atoms with Crippen molar-refractivity contribution in [2.24, 2.45) is 5.41 Å². The monoisotopic (exact) mass is 278 g/mol. The number of aldehydes is 1. The van der Waals surface area contributed by atoms with Crippen molar-refractivity contribution in [3.8, 4) is 0 Å². The van der Waals surface area contributed by atoms with Crippen LogP contribution in [0.1, 0.15) is 60.8 Å². The van der Waals surface area contributed by atoms with Crippen molar-refractivity contribution in [3.05, 3.63) is 27.3 Å². The van der Waals surface area contributed by atoms with Gasteiger partial charge in [0.15, 0.2) is 6.29 Å². The van der Waals surface area contributed by atoms with Gasteiger partial charge in [-0.1, -0.05) is 34.6 Å². The van der Waals surface area contributed by atoms with Crippen LogP contribution in [0.15, 0.2) is 6.07 Å². The molecule has 0 bridgehead atoms. The highest BCUT2D eigenvalue weighted by molar-refractivity contribution is 7.13. The molecular formula is C16H24NOS. The minimum absolute atomic E-state index is 0.190. The van der Waals surface area contributed by atoms with Crippen molar-refractivity contribution in [3.63, 3.8) is 0 Å². The van der Waals surface area contributed by atoms with Crippen LogP contribution in [0.25, 0.3) is 0 Å². The fourth-order valence-corrected chi connectivity index (χ4v) is 4.44. The van der Waals surface area contributed by atoms with E-state index in [2.05, 4.69) is 45.6 Å². The molecule has 1 aromatic rings. The Hall–Kier alpha value is -0.670.